The van der Waals surface area contributed by atoms with E-state index in [1.807, 2.05) is 36.4 Å². The number of Topliss-reactive ketones (excluding diaryl/α,β-unsaturated/α-hetero) is 1. The van der Waals surface area contributed by atoms with E-state index < -0.39 is 18.0 Å². The molecule has 0 saturated carbocycles. The first-order valence-corrected chi connectivity index (χ1v) is 10.5. The highest BCUT2D eigenvalue weighted by Gasteiger charge is 2.33. The zero-order valence-electron chi connectivity index (χ0n) is 17.3. The van der Waals surface area contributed by atoms with Crippen molar-refractivity contribution in [3.05, 3.63) is 71.8 Å². The Balaban J connectivity index is 1.66. The maximum atomic E-state index is 13.0. The van der Waals surface area contributed by atoms with E-state index in [0.717, 1.165) is 12.0 Å². The standard InChI is InChI=1S/C24H27N3O4/c25-23(30)20-12-7-15-27(20)22(29)14-13-21(28)19(16-17-8-3-1-4-9-17)26-24(31)18-10-5-2-6-11-18/h1-6,8-11,19-20H,7,12-16H2,(H2,25,30)(H,26,31)/t19?,20-/m0/s1. The number of carbonyl (C=O) groups is 4. The third kappa shape index (κ3) is 6.01. The van der Waals surface area contributed by atoms with Crippen LogP contribution in [0.1, 0.15) is 41.6 Å². The van der Waals surface area contributed by atoms with E-state index >= 15 is 0 Å². The Kier molecular flexibility index (Phi) is 7.54. The van der Waals surface area contributed by atoms with Crippen molar-refractivity contribution in [3.63, 3.8) is 0 Å². The number of nitrogens with one attached hydrogen (secondary N) is 1. The zero-order chi connectivity index (χ0) is 22.2. The molecule has 3 amide bonds. The van der Waals surface area contributed by atoms with Crippen LogP contribution in [0.5, 0.6) is 0 Å². The lowest BCUT2D eigenvalue weighted by atomic mass is 9.98. The summed E-state index contributed by atoms with van der Waals surface area (Å²) in [6, 6.07) is 16.7. The minimum Gasteiger partial charge on any atom is -0.368 e. The number of nitrogens with two attached hydrogens (primary N) is 1. The molecule has 31 heavy (non-hydrogen) atoms. The van der Waals surface area contributed by atoms with Gasteiger partial charge in [0.2, 0.25) is 11.8 Å². The second-order valence-electron chi connectivity index (χ2n) is 7.70. The molecule has 7 nitrogen and oxygen atoms in total. The molecular weight excluding hydrogens is 394 g/mol. The zero-order valence-corrected chi connectivity index (χ0v) is 17.3. The van der Waals surface area contributed by atoms with E-state index in [4.69, 9.17) is 5.73 Å². The molecule has 2 aromatic carbocycles. The Morgan fingerprint density at radius 1 is 0.968 bits per heavy atom. The average molecular weight is 421 g/mol. The van der Waals surface area contributed by atoms with Gasteiger partial charge in [-0.05, 0) is 37.0 Å². The van der Waals surface area contributed by atoms with Crippen LogP contribution >= 0.6 is 0 Å². The van der Waals surface area contributed by atoms with Crippen LogP contribution in [0.3, 0.4) is 0 Å². The summed E-state index contributed by atoms with van der Waals surface area (Å²) in [6.45, 7) is 0.471. The largest absolute Gasteiger partial charge is 0.368 e. The van der Waals surface area contributed by atoms with Crippen LogP contribution in [0.25, 0.3) is 0 Å². The molecule has 0 aromatic heterocycles. The van der Waals surface area contributed by atoms with Crippen molar-refractivity contribution in [1.29, 1.82) is 0 Å². The van der Waals surface area contributed by atoms with Gasteiger partial charge in [-0.3, -0.25) is 19.2 Å². The number of carbonyl (C=O) groups excluding carboxylic acids is 4. The van der Waals surface area contributed by atoms with Crippen LogP contribution < -0.4 is 11.1 Å². The lowest BCUT2D eigenvalue weighted by Crippen LogP contribution is -2.45. The fraction of sp³-hybridized carbons (Fsp3) is 0.333. The third-order valence-corrected chi connectivity index (χ3v) is 5.50. The first kappa shape index (κ1) is 22.2. The Morgan fingerprint density at radius 2 is 1.61 bits per heavy atom. The van der Waals surface area contributed by atoms with E-state index in [1.54, 1.807) is 24.3 Å². The molecule has 1 saturated heterocycles. The van der Waals surface area contributed by atoms with Crippen LogP contribution in [0.2, 0.25) is 0 Å². The van der Waals surface area contributed by atoms with Crippen LogP contribution in [0.15, 0.2) is 60.7 Å². The molecule has 0 radical (unpaired) electrons. The minimum atomic E-state index is -0.756. The molecule has 2 atom stereocenters. The third-order valence-electron chi connectivity index (χ3n) is 5.50. The molecular formula is C24H27N3O4. The quantitative estimate of drug-likeness (QED) is 0.644. The molecule has 1 aliphatic rings. The summed E-state index contributed by atoms with van der Waals surface area (Å²) in [5.41, 5.74) is 6.75. The van der Waals surface area contributed by atoms with Gasteiger partial charge in [-0.25, -0.2) is 0 Å². The van der Waals surface area contributed by atoms with Crippen molar-refractivity contribution < 1.29 is 19.2 Å². The summed E-state index contributed by atoms with van der Waals surface area (Å²) >= 11 is 0. The van der Waals surface area contributed by atoms with Gasteiger partial charge in [0.1, 0.15) is 6.04 Å². The van der Waals surface area contributed by atoms with Crippen molar-refractivity contribution in [3.8, 4) is 0 Å². The number of hydrogen-bond donors (Lipinski definition) is 2. The smallest absolute Gasteiger partial charge is 0.251 e. The molecule has 7 heteroatoms. The summed E-state index contributed by atoms with van der Waals surface area (Å²) < 4.78 is 0. The number of amides is 3. The van der Waals surface area contributed by atoms with Gasteiger partial charge in [-0.1, -0.05) is 48.5 Å². The van der Waals surface area contributed by atoms with E-state index in [2.05, 4.69) is 5.32 Å². The lowest BCUT2D eigenvalue weighted by Gasteiger charge is -2.23. The molecule has 1 aliphatic heterocycles. The summed E-state index contributed by atoms with van der Waals surface area (Å²) in [7, 11) is 0. The molecule has 0 spiro atoms. The number of ketones is 1. The first-order valence-electron chi connectivity index (χ1n) is 10.5. The van der Waals surface area contributed by atoms with Crippen molar-refractivity contribution >= 4 is 23.5 Å². The van der Waals surface area contributed by atoms with Gasteiger partial charge >= 0.3 is 0 Å². The fourth-order valence-corrected chi connectivity index (χ4v) is 3.84. The summed E-state index contributed by atoms with van der Waals surface area (Å²) in [6.07, 6.45) is 1.57. The monoisotopic (exact) mass is 421 g/mol. The second kappa shape index (κ2) is 10.5. The molecule has 162 valence electrons. The van der Waals surface area contributed by atoms with Gasteiger partial charge in [-0.15, -0.1) is 0 Å². The van der Waals surface area contributed by atoms with Crippen molar-refractivity contribution in [2.75, 3.05) is 6.54 Å². The SMILES string of the molecule is NC(=O)[C@@H]1CCCN1C(=O)CCC(=O)C(Cc1ccccc1)NC(=O)c1ccccc1. The Bertz CT molecular complexity index is 930. The van der Waals surface area contributed by atoms with Gasteiger partial charge in [0, 0.05) is 24.9 Å². The molecule has 2 aromatic rings. The Hall–Kier alpha value is -3.48. The molecule has 3 rings (SSSR count). The number of nitrogens with zero attached hydrogens (tertiary/aromatic N) is 1. The number of benzene rings is 2. The highest BCUT2D eigenvalue weighted by molar-refractivity contribution is 5.98. The topological polar surface area (TPSA) is 110 Å². The molecule has 0 aliphatic carbocycles. The van der Waals surface area contributed by atoms with Crippen LogP contribution in [0.4, 0.5) is 0 Å². The van der Waals surface area contributed by atoms with Gasteiger partial charge < -0.3 is 16.0 Å². The predicted octanol–water partition coefficient (Wildman–Crippen LogP) is 1.85. The second-order valence-corrected chi connectivity index (χ2v) is 7.70. The molecule has 1 heterocycles. The highest BCUT2D eigenvalue weighted by atomic mass is 16.2. The number of primary amides is 1. The maximum absolute atomic E-state index is 13.0. The normalized spacial score (nSPS) is 16.5. The fourth-order valence-electron chi connectivity index (χ4n) is 3.84. The average Bonchev–Trinajstić information content (AvgIpc) is 3.28. The minimum absolute atomic E-state index is 0.0187. The van der Waals surface area contributed by atoms with Gasteiger partial charge in [0.15, 0.2) is 5.78 Å². The van der Waals surface area contributed by atoms with Crippen molar-refractivity contribution in [1.82, 2.24) is 10.2 Å². The molecule has 0 bridgehead atoms. The Labute approximate surface area is 181 Å². The predicted molar refractivity (Wildman–Crippen MR) is 116 cm³/mol. The van der Waals surface area contributed by atoms with Crippen LogP contribution in [-0.2, 0) is 20.8 Å². The van der Waals surface area contributed by atoms with E-state index in [-0.39, 0.29) is 30.4 Å². The van der Waals surface area contributed by atoms with Crippen LogP contribution in [0, 0.1) is 0 Å². The highest BCUT2D eigenvalue weighted by Crippen LogP contribution is 2.19. The van der Waals surface area contributed by atoms with Crippen molar-refractivity contribution in [2.45, 2.75) is 44.2 Å². The van der Waals surface area contributed by atoms with E-state index in [1.165, 1.54) is 4.90 Å². The summed E-state index contributed by atoms with van der Waals surface area (Å²) in [5.74, 6) is -1.34. The van der Waals surface area contributed by atoms with Crippen LogP contribution in [-0.4, -0.2) is 47.0 Å². The maximum Gasteiger partial charge on any atom is 0.251 e. The van der Waals surface area contributed by atoms with E-state index in [9.17, 15) is 19.2 Å². The van der Waals surface area contributed by atoms with Crippen molar-refractivity contribution in [2.24, 2.45) is 5.73 Å². The van der Waals surface area contributed by atoms with Gasteiger partial charge in [0.25, 0.3) is 5.91 Å². The molecule has 1 unspecified atom stereocenters. The van der Waals surface area contributed by atoms with Gasteiger partial charge in [0.05, 0.1) is 6.04 Å². The summed E-state index contributed by atoms with van der Waals surface area (Å²) in [5, 5.41) is 2.81. The van der Waals surface area contributed by atoms with Gasteiger partial charge in [-0.2, -0.15) is 0 Å². The molecule has 1 fully saturated rings. The molecule has 3 N–H and O–H groups in total. The first-order chi connectivity index (χ1) is 15.0. The summed E-state index contributed by atoms with van der Waals surface area (Å²) in [4.78, 5) is 51.2. The number of hydrogen-bond acceptors (Lipinski definition) is 4. The lowest BCUT2D eigenvalue weighted by molar-refractivity contribution is -0.138. The number of likely N-dealkylation sites (tertiary alicyclic amines) is 1. The van der Waals surface area contributed by atoms with E-state index in [0.29, 0.717) is 24.9 Å². The Morgan fingerprint density at radius 3 is 2.26 bits per heavy atom. The number of rotatable bonds is 9.